The van der Waals surface area contributed by atoms with Gasteiger partial charge in [0.05, 0.1) is 28.2 Å². The summed E-state index contributed by atoms with van der Waals surface area (Å²) in [7, 11) is 1.46. The van der Waals surface area contributed by atoms with Crippen LogP contribution in [-0.4, -0.2) is 22.5 Å². The number of imidazole rings is 1. The second-order valence-electron chi connectivity index (χ2n) is 6.94. The van der Waals surface area contributed by atoms with Gasteiger partial charge < -0.3 is 9.47 Å². The number of hydrogen-bond donors (Lipinski definition) is 0. The van der Waals surface area contributed by atoms with Gasteiger partial charge in [-0.25, -0.2) is 18.6 Å². The molecule has 0 N–H and O–H groups in total. The standard InChI is InChI=1S/C24H15FN2O4S/c1-30-20-12-14(6-11-19(20)31-23(29)15-7-9-16(25)10-8-15)13-21-22(28)27-18-5-3-2-4-17(18)26-24(27)32-21/h2-13H,1H3/b21-13-. The van der Waals surface area contributed by atoms with E-state index < -0.39 is 11.8 Å². The summed E-state index contributed by atoms with van der Waals surface area (Å²) in [6.07, 6.45) is 1.74. The van der Waals surface area contributed by atoms with Crippen LogP contribution in [0, 0.1) is 5.82 Å². The molecule has 0 amide bonds. The number of aromatic nitrogens is 2. The molecular formula is C24H15FN2O4S. The molecule has 0 saturated heterocycles. The van der Waals surface area contributed by atoms with Crippen LogP contribution in [0.3, 0.4) is 0 Å². The number of thiazole rings is 1. The summed E-state index contributed by atoms with van der Waals surface area (Å²) in [6.45, 7) is 0. The van der Waals surface area contributed by atoms with Crippen LogP contribution in [0.4, 0.5) is 4.39 Å². The van der Waals surface area contributed by atoms with E-state index in [2.05, 4.69) is 4.98 Å². The zero-order valence-corrected chi connectivity index (χ0v) is 17.6. The molecule has 0 bridgehead atoms. The van der Waals surface area contributed by atoms with Crippen LogP contribution in [0.25, 0.3) is 22.1 Å². The third-order valence-electron chi connectivity index (χ3n) is 4.91. The Morgan fingerprint density at radius 1 is 1.06 bits per heavy atom. The van der Waals surface area contributed by atoms with E-state index in [0.717, 1.165) is 11.0 Å². The minimum Gasteiger partial charge on any atom is -0.493 e. The van der Waals surface area contributed by atoms with E-state index in [0.29, 0.717) is 20.8 Å². The molecule has 2 heterocycles. The second kappa shape index (κ2) is 7.90. The summed E-state index contributed by atoms with van der Waals surface area (Å²) in [5.74, 6) is -0.527. The Labute approximate surface area is 184 Å². The zero-order chi connectivity index (χ0) is 22.2. The second-order valence-corrected chi connectivity index (χ2v) is 7.95. The molecular weight excluding hydrogens is 431 g/mol. The maximum Gasteiger partial charge on any atom is 0.343 e. The summed E-state index contributed by atoms with van der Waals surface area (Å²) >= 11 is 1.30. The van der Waals surface area contributed by atoms with E-state index in [9.17, 15) is 14.0 Å². The molecule has 8 heteroatoms. The molecule has 5 aromatic rings. The van der Waals surface area contributed by atoms with E-state index in [4.69, 9.17) is 9.47 Å². The summed E-state index contributed by atoms with van der Waals surface area (Å²) < 4.78 is 26.0. The number of carbonyl (C=O) groups excluding carboxylic acids is 1. The number of benzene rings is 3. The molecule has 6 nitrogen and oxygen atoms in total. The maximum atomic E-state index is 13.1. The van der Waals surface area contributed by atoms with Gasteiger partial charge >= 0.3 is 5.97 Å². The molecule has 0 atom stereocenters. The van der Waals surface area contributed by atoms with Crippen molar-refractivity contribution in [2.45, 2.75) is 0 Å². The van der Waals surface area contributed by atoms with Crippen molar-refractivity contribution in [3.63, 3.8) is 0 Å². The van der Waals surface area contributed by atoms with Gasteiger partial charge in [0.25, 0.3) is 5.56 Å². The minimum atomic E-state index is -0.631. The minimum absolute atomic E-state index is 0.149. The summed E-state index contributed by atoms with van der Waals surface area (Å²) in [4.78, 5) is 30.4. The van der Waals surface area contributed by atoms with Gasteiger partial charge in [-0.1, -0.05) is 29.5 Å². The summed E-state index contributed by atoms with van der Waals surface area (Å²) in [5, 5.41) is 0. The van der Waals surface area contributed by atoms with Gasteiger partial charge in [0.2, 0.25) is 0 Å². The number of nitrogens with zero attached hydrogens (tertiary/aromatic N) is 2. The molecule has 32 heavy (non-hydrogen) atoms. The zero-order valence-electron chi connectivity index (χ0n) is 16.7. The lowest BCUT2D eigenvalue weighted by molar-refractivity contribution is 0.0729. The van der Waals surface area contributed by atoms with Gasteiger partial charge in [0, 0.05) is 0 Å². The lowest BCUT2D eigenvalue weighted by Crippen LogP contribution is -2.22. The number of fused-ring (bicyclic) bond motifs is 3. The van der Waals surface area contributed by atoms with Gasteiger partial charge in [0.15, 0.2) is 16.5 Å². The number of para-hydroxylation sites is 2. The van der Waals surface area contributed by atoms with Crippen LogP contribution in [-0.2, 0) is 0 Å². The molecule has 0 unspecified atom stereocenters. The van der Waals surface area contributed by atoms with Crippen molar-refractivity contribution in [1.29, 1.82) is 0 Å². The van der Waals surface area contributed by atoms with Crippen LogP contribution in [0.15, 0.2) is 71.5 Å². The Morgan fingerprint density at radius 3 is 2.62 bits per heavy atom. The lowest BCUT2D eigenvalue weighted by Gasteiger charge is -2.10. The third-order valence-corrected chi connectivity index (χ3v) is 5.88. The fourth-order valence-electron chi connectivity index (χ4n) is 3.37. The number of methoxy groups -OCH3 is 1. The Balaban J connectivity index is 1.49. The predicted octanol–water partition coefficient (Wildman–Crippen LogP) is 3.82. The molecule has 2 aromatic heterocycles. The van der Waals surface area contributed by atoms with Crippen molar-refractivity contribution in [2.75, 3.05) is 7.11 Å². The fraction of sp³-hybridized carbons (Fsp3) is 0.0417. The van der Waals surface area contributed by atoms with Gasteiger partial charge in [-0.05, 0) is 60.2 Å². The van der Waals surface area contributed by atoms with Crippen molar-refractivity contribution >= 4 is 39.4 Å². The average Bonchev–Trinajstić information content (AvgIpc) is 3.31. The van der Waals surface area contributed by atoms with Gasteiger partial charge in [-0.3, -0.25) is 4.79 Å². The van der Waals surface area contributed by atoms with Crippen molar-refractivity contribution in [3.05, 3.63) is 98.6 Å². The number of hydrogen-bond acceptors (Lipinski definition) is 6. The van der Waals surface area contributed by atoms with Crippen molar-refractivity contribution < 1.29 is 18.7 Å². The molecule has 0 saturated carbocycles. The monoisotopic (exact) mass is 446 g/mol. The van der Waals surface area contributed by atoms with Crippen LogP contribution < -0.4 is 19.6 Å². The molecule has 0 aliphatic rings. The normalized spacial score (nSPS) is 11.9. The Bertz CT molecular complexity index is 1590. The van der Waals surface area contributed by atoms with E-state index in [1.54, 1.807) is 28.7 Å². The Morgan fingerprint density at radius 2 is 1.84 bits per heavy atom. The Hall–Kier alpha value is -4.04. The highest BCUT2D eigenvalue weighted by Gasteiger charge is 2.14. The quantitative estimate of drug-likeness (QED) is 0.310. The number of ether oxygens (including phenoxy) is 2. The van der Waals surface area contributed by atoms with Gasteiger partial charge in [-0.2, -0.15) is 0 Å². The highest BCUT2D eigenvalue weighted by atomic mass is 32.1. The first-order chi connectivity index (χ1) is 15.5. The average molecular weight is 446 g/mol. The molecule has 5 rings (SSSR count). The molecule has 0 aliphatic heterocycles. The van der Waals surface area contributed by atoms with E-state index in [1.807, 2.05) is 24.3 Å². The SMILES string of the molecule is COc1cc(/C=c2\sc3nc4ccccc4n3c2=O)ccc1OC(=O)c1ccc(F)cc1. The van der Waals surface area contributed by atoms with Crippen LogP contribution in [0.5, 0.6) is 11.5 Å². The number of esters is 1. The fourth-order valence-corrected chi connectivity index (χ4v) is 4.35. The summed E-state index contributed by atoms with van der Waals surface area (Å²) in [5.41, 5.74) is 2.31. The molecule has 158 valence electrons. The van der Waals surface area contributed by atoms with Gasteiger partial charge in [0.1, 0.15) is 5.82 Å². The first-order valence-corrected chi connectivity index (χ1v) is 10.4. The first-order valence-electron chi connectivity index (χ1n) is 9.61. The van der Waals surface area contributed by atoms with Gasteiger partial charge in [-0.15, -0.1) is 0 Å². The van der Waals surface area contributed by atoms with E-state index >= 15 is 0 Å². The predicted molar refractivity (Wildman–Crippen MR) is 120 cm³/mol. The third kappa shape index (κ3) is 3.50. The van der Waals surface area contributed by atoms with Crippen LogP contribution in [0.1, 0.15) is 15.9 Å². The molecule has 0 spiro atoms. The van der Waals surface area contributed by atoms with Crippen molar-refractivity contribution in [1.82, 2.24) is 9.38 Å². The highest BCUT2D eigenvalue weighted by molar-refractivity contribution is 7.15. The van der Waals surface area contributed by atoms with Crippen molar-refractivity contribution in [2.24, 2.45) is 0 Å². The maximum absolute atomic E-state index is 13.1. The topological polar surface area (TPSA) is 69.9 Å². The number of carbonyl (C=O) groups is 1. The lowest BCUT2D eigenvalue weighted by atomic mass is 10.2. The molecule has 3 aromatic carbocycles. The summed E-state index contributed by atoms with van der Waals surface area (Å²) in [6, 6.07) is 17.5. The number of rotatable bonds is 4. The smallest absolute Gasteiger partial charge is 0.343 e. The largest absolute Gasteiger partial charge is 0.493 e. The van der Waals surface area contributed by atoms with Crippen molar-refractivity contribution in [3.8, 4) is 11.5 Å². The molecule has 0 aliphatic carbocycles. The first kappa shape index (κ1) is 19.9. The van der Waals surface area contributed by atoms with Crippen LogP contribution in [0.2, 0.25) is 0 Å². The highest BCUT2D eigenvalue weighted by Crippen LogP contribution is 2.29. The molecule has 0 radical (unpaired) electrons. The molecule has 0 fully saturated rings. The number of halogens is 1. The van der Waals surface area contributed by atoms with Crippen LogP contribution >= 0.6 is 11.3 Å². The van der Waals surface area contributed by atoms with E-state index in [1.165, 1.54) is 42.7 Å². The van der Waals surface area contributed by atoms with E-state index in [-0.39, 0.29) is 16.9 Å². The Kier molecular flexibility index (Phi) is 4.91.